The van der Waals surface area contributed by atoms with E-state index >= 15 is 0 Å². The Labute approximate surface area is 178 Å². The third-order valence-electron chi connectivity index (χ3n) is 6.24. The molecule has 158 valence electrons. The lowest BCUT2D eigenvalue weighted by molar-refractivity contribution is 0.181. The van der Waals surface area contributed by atoms with E-state index in [0.717, 1.165) is 35.5 Å². The largest absolute Gasteiger partial charge is 0.322 e. The predicted molar refractivity (Wildman–Crippen MR) is 111 cm³/mol. The summed E-state index contributed by atoms with van der Waals surface area (Å²) < 4.78 is 13.4. The highest BCUT2D eigenvalue weighted by Crippen LogP contribution is 2.55. The zero-order chi connectivity index (χ0) is 21.0. The van der Waals surface area contributed by atoms with E-state index in [0.29, 0.717) is 18.7 Å². The fourth-order valence-corrected chi connectivity index (χ4v) is 4.64. The number of amides is 2. The average molecular weight is 432 g/mol. The monoisotopic (exact) mass is 431 g/mol. The van der Waals surface area contributed by atoms with Gasteiger partial charge in [-0.25, -0.2) is 9.18 Å². The normalized spacial score (nSPS) is 21.7. The second-order valence-corrected chi connectivity index (χ2v) is 8.60. The molecule has 1 unspecified atom stereocenters. The minimum Gasteiger partial charge on any atom is -0.317 e. The predicted octanol–water partition coefficient (Wildman–Crippen LogP) is 3.01. The van der Waals surface area contributed by atoms with E-state index in [4.69, 9.17) is 11.6 Å². The van der Waals surface area contributed by atoms with Gasteiger partial charge in [-0.05, 0) is 38.0 Å². The van der Waals surface area contributed by atoms with Crippen LogP contribution >= 0.6 is 11.6 Å². The van der Waals surface area contributed by atoms with Crippen LogP contribution in [0.5, 0.6) is 0 Å². The number of hydrogen-bond acceptors (Lipinski definition) is 5. The molecule has 4 N–H and O–H groups in total. The summed E-state index contributed by atoms with van der Waals surface area (Å²) in [6, 6.07) is 3.92. The number of carbonyl (C=O) groups is 1. The van der Waals surface area contributed by atoms with Gasteiger partial charge in [-0.1, -0.05) is 11.6 Å². The van der Waals surface area contributed by atoms with Crippen LogP contribution in [0, 0.1) is 5.82 Å². The molecule has 1 atom stereocenters. The van der Waals surface area contributed by atoms with Crippen molar-refractivity contribution in [3.8, 4) is 0 Å². The third-order valence-corrected chi connectivity index (χ3v) is 6.53. The number of carbonyl (C=O) groups excluding carboxylic acids is 1. The Balaban J connectivity index is 1.40. The molecule has 2 amide bonds. The maximum atomic E-state index is 13.4. The molecule has 3 heterocycles. The highest BCUT2D eigenvalue weighted by molar-refractivity contribution is 6.31. The number of rotatable bonds is 3. The molecule has 0 radical (unpaired) electrons. The van der Waals surface area contributed by atoms with Gasteiger partial charge in [0.2, 0.25) is 0 Å². The van der Waals surface area contributed by atoms with Crippen LogP contribution in [0.4, 0.5) is 14.9 Å². The zero-order valence-electron chi connectivity index (χ0n) is 16.7. The third kappa shape index (κ3) is 3.00. The minimum absolute atomic E-state index is 0.00595. The van der Waals surface area contributed by atoms with Crippen LogP contribution in [0.1, 0.15) is 36.7 Å². The van der Waals surface area contributed by atoms with Crippen molar-refractivity contribution in [3.05, 3.63) is 57.9 Å². The molecule has 5 rings (SSSR count). The molecule has 3 aliphatic rings. The molecule has 1 aromatic heterocycles. The van der Waals surface area contributed by atoms with Gasteiger partial charge in [0.25, 0.3) is 0 Å². The SMILES string of the molecule is CC1Cc2[nH]nc(C3(C4=CNNN4C)CC3)c2CN1C(=O)Nc1ccc(F)c(Cl)c1. The maximum absolute atomic E-state index is 13.4. The summed E-state index contributed by atoms with van der Waals surface area (Å²) in [5, 5.41) is 12.7. The van der Waals surface area contributed by atoms with Crippen molar-refractivity contribution < 1.29 is 9.18 Å². The van der Waals surface area contributed by atoms with E-state index in [1.807, 2.05) is 25.2 Å². The van der Waals surface area contributed by atoms with Crippen molar-refractivity contribution in [2.75, 3.05) is 12.4 Å². The van der Waals surface area contributed by atoms with Crippen LogP contribution in [0.25, 0.3) is 0 Å². The summed E-state index contributed by atoms with van der Waals surface area (Å²) in [6.45, 7) is 2.47. The lowest BCUT2D eigenvalue weighted by atomic mass is 9.90. The zero-order valence-corrected chi connectivity index (χ0v) is 17.5. The Bertz CT molecular complexity index is 1050. The quantitative estimate of drug-likeness (QED) is 0.600. The molecule has 0 bridgehead atoms. The number of benzene rings is 1. The lowest BCUT2D eigenvalue weighted by Crippen LogP contribution is -2.45. The number of anilines is 1. The van der Waals surface area contributed by atoms with Gasteiger partial charge in [0.1, 0.15) is 5.82 Å². The summed E-state index contributed by atoms with van der Waals surface area (Å²) in [6.07, 6.45) is 4.70. The first-order valence-electron chi connectivity index (χ1n) is 9.94. The topological polar surface area (TPSA) is 88.3 Å². The van der Waals surface area contributed by atoms with Gasteiger partial charge >= 0.3 is 6.03 Å². The highest BCUT2D eigenvalue weighted by atomic mass is 35.5. The van der Waals surface area contributed by atoms with E-state index in [9.17, 15) is 9.18 Å². The second kappa shape index (κ2) is 6.88. The highest BCUT2D eigenvalue weighted by Gasteiger charge is 2.54. The van der Waals surface area contributed by atoms with Crippen molar-refractivity contribution in [2.45, 2.75) is 44.2 Å². The van der Waals surface area contributed by atoms with Crippen molar-refractivity contribution in [1.82, 2.24) is 31.1 Å². The van der Waals surface area contributed by atoms with E-state index in [-0.39, 0.29) is 22.5 Å². The summed E-state index contributed by atoms with van der Waals surface area (Å²) >= 11 is 5.84. The van der Waals surface area contributed by atoms with Gasteiger partial charge in [-0.2, -0.15) is 5.10 Å². The van der Waals surface area contributed by atoms with E-state index < -0.39 is 5.82 Å². The van der Waals surface area contributed by atoms with Crippen LogP contribution in [-0.2, 0) is 18.4 Å². The molecule has 1 aliphatic carbocycles. The number of hydrazine groups is 2. The Morgan fingerprint density at radius 3 is 2.87 bits per heavy atom. The van der Waals surface area contributed by atoms with Crippen LogP contribution in [0.15, 0.2) is 30.1 Å². The van der Waals surface area contributed by atoms with Gasteiger partial charge in [-0.15, -0.1) is 5.53 Å². The molecule has 10 heteroatoms. The molecule has 0 spiro atoms. The van der Waals surface area contributed by atoms with Crippen molar-refractivity contribution in [3.63, 3.8) is 0 Å². The number of H-pyrrole nitrogens is 1. The average Bonchev–Trinajstić information content (AvgIpc) is 3.20. The first-order valence-corrected chi connectivity index (χ1v) is 10.3. The Kier molecular flexibility index (Phi) is 4.41. The molecule has 8 nitrogen and oxygen atoms in total. The standard InChI is InChI=1S/C20H23ClFN7O/c1-11-7-16-13(10-29(11)19(30)24-12-3-4-15(22)14(21)8-12)18(26-25-16)20(5-6-20)17-9-23-27-28(17)2/h3-4,8-9,11,23,27H,5-7,10H2,1-2H3,(H,24,30)(H,25,26). The lowest BCUT2D eigenvalue weighted by Gasteiger charge is -2.34. The van der Waals surface area contributed by atoms with Gasteiger partial charge in [0.05, 0.1) is 28.4 Å². The maximum Gasteiger partial charge on any atom is 0.322 e. The van der Waals surface area contributed by atoms with Crippen LogP contribution in [-0.4, -0.2) is 39.2 Å². The number of aromatic amines is 1. The van der Waals surface area contributed by atoms with E-state index in [2.05, 4.69) is 26.5 Å². The van der Waals surface area contributed by atoms with Crippen LogP contribution < -0.4 is 16.3 Å². The smallest absolute Gasteiger partial charge is 0.317 e. The fraction of sp³-hybridized carbons (Fsp3) is 0.400. The number of fused-ring (bicyclic) bond motifs is 1. The summed E-state index contributed by atoms with van der Waals surface area (Å²) in [7, 11) is 1.97. The van der Waals surface area contributed by atoms with Gasteiger partial charge in [-0.3, -0.25) is 10.1 Å². The molecule has 2 aromatic rings. The first-order chi connectivity index (χ1) is 14.4. The van der Waals surface area contributed by atoms with Gasteiger partial charge in [0.15, 0.2) is 0 Å². The van der Waals surface area contributed by atoms with Crippen molar-refractivity contribution >= 4 is 23.3 Å². The molecule has 0 saturated heterocycles. The Morgan fingerprint density at radius 2 is 2.20 bits per heavy atom. The number of allylic oxidation sites excluding steroid dienone is 1. The molecular weight excluding hydrogens is 409 g/mol. The number of urea groups is 1. The summed E-state index contributed by atoms with van der Waals surface area (Å²) in [4.78, 5) is 14.8. The second-order valence-electron chi connectivity index (χ2n) is 8.20. The number of nitrogens with one attached hydrogen (secondary N) is 4. The number of aromatic nitrogens is 2. The van der Waals surface area contributed by atoms with Crippen molar-refractivity contribution in [1.29, 1.82) is 0 Å². The Morgan fingerprint density at radius 1 is 1.40 bits per heavy atom. The molecule has 30 heavy (non-hydrogen) atoms. The molecule has 1 aromatic carbocycles. The molecular formula is C20H23ClFN7O. The van der Waals surface area contributed by atoms with Gasteiger partial charge < -0.3 is 15.6 Å². The number of nitrogens with zero attached hydrogens (tertiary/aromatic N) is 3. The molecule has 1 fully saturated rings. The Hall–Kier alpha value is -2.78. The number of likely N-dealkylation sites (N-methyl/N-ethyl adjacent to an activating group) is 1. The van der Waals surface area contributed by atoms with Crippen LogP contribution in [0.2, 0.25) is 5.02 Å². The molecule has 2 aliphatic heterocycles. The summed E-state index contributed by atoms with van der Waals surface area (Å²) in [5.41, 5.74) is 10.8. The van der Waals surface area contributed by atoms with E-state index in [1.54, 1.807) is 4.90 Å². The fourth-order valence-electron chi connectivity index (χ4n) is 4.46. The van der Waals surface area contributed by atoms with E-state index in [1.165, 1.54) is 18.2 Å². The number of hydrogen-bond donors (Lipinski definition) is 4. The van der Waals surface area contributed by atoms with Crippen molar-refractivity contribution in [2.24, 2.45) is 0 Å². The van der Waals surface area contributed by atoms with Gasteiger partial charge in [0, 0.05) is 42.7 Å². The van der Waals surface area contributed by atoms with Crippen LogP contribution in [0.3, 0.4) is 0 Å². The summed E-state index contributed by atoms with van der Waals surface area (Å²) in [5.74, 6) is -0.515. The first kappa shape index (κ1) is 19.2. The minimum atomic E-state index is -0.515. The molecule has 1 saturated carbocycles. The number of halogens is 2.